The first-order valence-electron chi connectivity index (χ1n) is 11.3. The third-order valence-corrected chi connectivity index (χ3v) is 7.15. The summed E-state index contributed by atoms with van der Waals surface area (Å²) in [6, 6.07) is 7.11. The number of hydrogen-bond donors (Lipinski definition) is 2. The van der Waals surface area contributed by atoms with Crippen molar-refractivity contribution in [2.45, 2.75) is 57.4 Å². The van der Waals surface area contributed by atoms with E-state index in [9.17, 15) is 14.4 Å². The summed E-state index contributed by atoms with van der Waals surface area (Å²) in [4.78, 5) is 45.7. The molecule has 1 unspecified atom stereocenters. The van der Waals surface area contributed by atoms with Gasteiger partial charge in [0.2, 0.25) is 11.8 Å². The van der Waals surface area contributed by atoms with Gasteiger partial charge in [0, 0.05) is 24.5 Å². The lowest BCUT2D eigenvalue weighted by atomic mass is 9.69. The lowest BCUT2D eigenvalue weighted by molar-refractivity contribution is -0.152. The Labute approximate surface area is 193 Å². The van der Waals surface area contributed by atoms with Gasteiger partial charge in [-0.15, -0.1) is 11.3 Å². The molecule has 172 valence electrons. The van der Waals surface area contributed by atoms with Crippen molar-refractivity contribution in [3.63, 3.8) is 0 Å². The number of thiophene rings is 1. The summed E-state index contributed by atoms with van der Waals surface area (Å²) in [5, 5.41) is 4.53. The predicted molar refractivity (Wildman–Crippen MR) is 125 cm³/mol. The van der Waals surface area contributed by atoms with Gasteiger partial charge in [0.05, 0.1) is 11.4 Å². The van der Waals surface area contributed by atoms with Crippen LogP contribution in [-0.4, -0.2) is 40.7 Å². The molecular weight excluding hydrogens is 424 g/mol. The van der Waals surface area contributed by atoms with Crippen molar-refractivity contribution in [2.24, 2.45) is 11.7 Å². The Morgan fingerprint density at radius 2 is 2.00 bits per heavy atom. The highest BCUT2D eigenvalue weighted by molar-refractivity contribution is 7.12. The minimum Gasteiger partial charge on any atom is -0.367 e. The van der Waals surface area contributed by atoms with Gasteiger partial charge >= 0.3 is 0 Å². The standard InChI is InChI=1S/C24H32N4O3S/c1-2-3-14-28(21(29)17-27-22(30)20-12-8-15-32-20)24(23(25)31,18-9-5-4-6-10-18)19-11-7-13-26-16-19/h7-8,11-13,15-16,18H,2-6,9-10,14,17H2,1H3,(H2,25,31)(H,27,30). The zero-order valence-corrected chi connectivity index (χ0v) is 19.4. The maximum absolute atomic E-state index is 13.6. The smallest absolute Gasteiger partial charge is 0.261 e. The molecule has 0 radical (unpaired) electrons. The molecule has 1 aliphatic rings. The van der Waals surface area contributed by atoms with E-state index in [4.69, 9.17) is 5.73 Å². The Balaban J connectivity index is 1.98. The summed E-state index contributed by atoms with van der Waals surface area (Å²) >= 11 is 1.32. The number of nitrogens with one attached hydrogen (secondary N) is 1. The van der Waals surface area contributed by atoms with Gasteiger partial charge in [-0.2, -0.15) is 0 Å². The highest BCUT2D eigenvalue weighted by Gasteiger charge is 2.52. The molecule has 0 aliphatic heterocycles. The number of amides is 3. The number of unbranched alkanes of at least 4 members (excludes halogenated alkanes) is 1. The van der Waals surface area contributed by atoms with Gasteiger partial charge in [-0.3, -0.25) is 19.4 Å². The number of carbonyl (C=O) groups is 3. The Kier molecular flexibility index (Phi) is 8.39. The largest absolute Gasteiger partial charge is 0.367 e. The predicted octanol–water partition coefficient (Wildman–Crippen LogP) is 3.46. The fraction of sp³-hybridized carbons (Fsp3) is 0.500. The summed E-state index contributed by atoms with van der Waals surface area (Å²) in [5.41, 5.74) is 5.50. The van der Waals surface area contributed by atoms with Crippen LogP contribution in [-0.2, 0) is 15.1 Å². The third-order valence-electron chi connectivity index (χ3n) is 6.28. The molecule has 32 heavy (non-hydrogen) atoms. The number of nitrogens with zero attached hydrogens (tertiary/aromatic N) is 2. The second-order valence-corrected chi connectivity index (χ2v) is 9.21. The quantitative estimate of drug-likeness (QED) is 0.571. The first-order valence-corrected chi connectivity index (χ1v) is 12.2. The molecule has 0 aromatic carbocycles. The highest BCUT2D eigenvalue weighted by atomic mass is 32.1. The van der Waals surface area contributed by atoms with E-state index in [1.807, 2.05) is 18.4 Å². The maximum Gasteiger partial charge on any atom is 0.261 e. The van der Waals surface area contributed by atoms with E-state index in [2.05, 4.69) is 10.3 Å². The van der Waals surface area contributed by atoms with Crippen molar-refractivity contribution in [3.05, 3.63) is 52.5 Å². The van der Waals surface area contributed by atoms with E-state index < -0.39 is 11.4 Å². The molecule has 7 nitrogen and oxygen atoms in total. The molecule has 2 aromatic rings. The van der Waals surface area contributed by atoms with E-state index in [0.29, 0.717) is 17.0 Å². The number of pyridine rings is 1. The molecule has 1 saturated carbocycles. The fourth-order valence-corrected chi connectivity index (χ4v) is 5.40. The molecule has 0 saturated heterocycles. The second kappa shape index (κ2) is 11.2. The molecule has 2 aromatic heterocycles. The van der Waals surface area contributed by atoms with Crippen LogP contribution in [0.15, 0.2) is 42.0 Å². The molecule has 1 atom stereocenters. The van der Waals surface area contributed by atoms with Crippen LogP contribution in [0.3, 0.4) is 0 Å². The zero-order valence-electron chi connectivity index (χ0n) is 18.6. The molecular formula is C24H32N4O3S. The van der Waals surface area contributed by atoms with E-state index in [1.165, 1.54) is 11.3 Å². The van der Waals surface area contributed by atoms with Crippen LogP contribution in [0.2, 0.25) is 0 Å². The van der Waals surface area contributed by atoms with Gasteiger partial charge in [0.25, 0.3) is 5.91 Å². The fourth-order valence-electron chi connectivity index (χ4n) is 4.76. The number of aromatic nitrogens is 1. The Morgan fingerprint density at radius 3 is 2.59 bits per heavy atom. The van der Waals surface area contributed by atoms with E-state index in [-0.39, 0.29) is 24.3 Å². The van der Waals surface area contributed by atoms with E-state index in [1.54, 1.807) is 35.5 Å². The molecule has 3 rings (SSSR count). The minimum absolute atomic E-state index is 0.0910. The van der Waals surface area contributed by atoms with Gasteiger partial charge in [-0.05, 0) is 42.7 Å². The Morgan fingerprint density at radius 1 is 1.22 bits per heavy atom. The Bertz CT molecular complexity index is 897. The number of rotatable bonds is 10. The van der Waals surface area contributed by atoms with Crippen molar-refractivity contribution in [3.8, 4) is 0 Å². The SMILES string of the molecule is CCCCN(C(=O)CNC(=O)c1cccs1)C(C(N)=O)(c1cccnc1)C1CCCCC1. The van der Waals surface area contributed by atoms with Gasteiger partial charge in [-0.25, -0.2) is 0 Å². The summed E-state index contributed by atoms with van der Waals surface area (Å²) in [6.07, 6.45) is 9.61. The van der Waals surface area contributed by atoms with Crippen LogP contribution in [0.25, 0.3) is 0 Å². The van der Waals surface area contributed by atoms with Crippen LogP contribution < -0.4 is 11.1 Å². The molecule has 0 spiro atoms. The molecule has 8 heteroatoms. The van der Waals surface area contributed by atoms with E-state index in [0.717, 1.165) is 44.9 Å². The van der Waals surface area contributed by atoms with Gasteiger partial charge in [-0.1, -0.05) is 44.7 Å². The molecule has 2 heterocycles. The zero-order chi connectivity index (χ0) is 23.0. The van der Waals surface area contributed by atoms with Gasteiger partial charge in [0.1, 0.15) is 0 Å². The number of hydrogen-bond acceptors (Lipinski definition) is 5. The van der Waals surface area contributed by atoms with Crippen LogP contribution in [0.1, 0.15) is 67.1 Å². The van der Waals surface area contributed by atoms with Crippen molar-refractivity contribution in [2.75, 3.05) is 13.1 Å². The van der Waals surface area contributed by atoms with Crippen LogP contribution in [0, 0.1) is 5.92 Å². The van der Waals surface area contributed by atoms with Crippen molar-refractivity contribution < 1.29 is 14.4 Å². The first-order chi connectivity index (χ1) is 15.5. The topological polar surface area (TPSA) is 105 Å². The van der Waals surface area contributed by atoms with Crippen molar-refractivity contribution >= 4 is 29.1 Å². The summed E-state index contributed by atoms with van der Waals surface area (Å²) in [6.45, 7) is 2.23. The third kappa shape index (κ3) is 5.01. The average molecular weight is 457 g/mol. The van der Waals surface area contributed by atoms with Crippen LogP contribution in [0.4, 0.5) is 0 Å². The van der Waals surface area contributed by atoms with Crippen LogP contribution in [0.5, 0.6) is 0 Å². The monoisotopic (exact) mass is 456 g/mol. The van der Waals surface area contributed by atoms with Gasteiger partial charge in [0.15, 0.2) is 5.54 Å². The molecule has 3 amide bonds. The molecule has 1 aliphatic carbocycles. The van der Waals surface area contributed by atoms with Crippen molar-refractivity contribution in [1.82, 2.24) is 15.2 Å². The van der Waals surface area contributed by atoms with Gasteiger partial charge < -0.3 is 16.0 Å². The number of carbonyl (C=O) groups excluding carboxylic acids is 3. The van der Waals surface area contributed by atoms with Crippen LogP contribution >= 0.6 is 11.3 Å². The lowest BCUT2D eigenvalue weighted by Gasteiger charge is -2.48. The number of primary amides is 1. The summed E-state index contributed by atoms with van der Waals surface area (Å²) < 4.78 is 0. The normalized spacial score (nSPS) is 16.2. The lowest BCUT2D eigenvalue weighted by Crippen LogP contribution is -2.63. The summed E-state index contributed by atoms with van der Waals surface area (Å²) in [7, 11) is 0. The minimum atomic E-state index is -1.28. The second-order valence-electron chi connectivity index (χ2n) is 8.27. The summed E-state index contributed by atoms with van der Waals surface area (Å²) in [5.74, 6) is -1.23. The molecule has 3 N–H and O–H groups in total. The maximum atomic E-state index is 13.6. The number of nitrogens with two attached hydrogens (primary N) is 1. The first kappa shape index (κ1) is 23.9. The average Bonchev–Trinajstić information content (AvgIpc) is 3.36. The Hall–Kier alpha value is -2.74. The molecule has 1 fully saturated rings. The highest BCUT2D eigenvalue weighted by Crippen LogP contribution is 2.44. The van der Waals surface area contributed by atoms with Crippen molar-refractivity contribution in [1.29, 1.82) is 0 Å². The van der Waals surface area contributed by atoms with E-state index >= 15 is 0 Å². The molecule has 0 bridgehead atoms.